The molecule has 0 atom stereocenters. The zero-order valence-corrected chi connectivity index (χ0v) is 18.7. The van der Waals surface area contributed by atoms with Crippen LogP contribution in [0.4, 0.5) is 5.69 Å². The molecule has 2 heterocycles. The van der Waals surface area contributed by atoms with Crippen LogP contribution in [0.15, 0.2) is 60.7 Å². The fourth-order valence-electron chi connectivity index (χ4n) is 3.66. The largest absolute Gasteiger partial charge is 0.493 e. The minimum atomic E-state index is -0.499. The third-order valence-electron chi connectivity index (χ3n) is 5.43. The normalized spacial score (nSPS) is 13.3. The molecule has 0 spiro atoms. The summed E-state index contributed by atoms with van der Waals surface area (Å²) in [4.78, 5) is 25.1. The van der Waals surface area contributed by atoms with Gasteiger partial charge in [0, 0.05) is 22.8 Å². The molecular formula is C25H19N5O5. The third kappa shape index (κ3) is 4.32. The number of carbonyl (C=O) groups excluding carboxylic acids is 2. The maximum absolute atomic E-state index is 12.6. The number of nitrogens with zero attached hydrogens (tertiary/aromatic N) is 3. The maximum Gasteiger partial charge on any atom is 0.343 e. The van der Waals surface area contributed by atoms with Gasteiger partial charge in [0.25, 0.3) is 5.91 Å². The Bertz CT molecular complexity index is 1430. The van der Waals surface area contributed by atoms with Gasteiger partial charge in [0.2, 0.25) is 5.82 Å². The van der Waals surface area contributed by atoms with Crippen molar-refractivity contribution in [3.63, 3.8) is 0 Å². The molecule has 0 unspecified atom stereocenters. The van der Waals surface area contributed by atoms with Crippen LogP contribution in [0.3, 0.4) is 0 Å². The van der Waals surface area contributed by atoms with E-state index in [-0.39, 0.29) is 5.91 Å². The minimum Gasteiger partial charge on any atom is -0.493 e. The molecule has 1 aliphatic heterocycles. The van der Waals surface area contributed by atoms with Crippen molar-refractivity contribution in [1.82, 2.24) is 20.6 Å². The average Bonchev–Trinajstić information content (AvgIpc) is 3.52. The smallest absolute Gasteiger partial charge is 0.343 e. The fraction of sp³-hybridized carbons (Fsp3) is 0.0800. The Hall–Kier alpha value is -4.99. The molecule has 1 aromatic heterocycles. The van der Waals surface area contributed by atoms with Crippen LogP contribution < -0.4 is 19.5 Å². The van der Waals surface area contributed by atoms with E-state index in [1.54, 1.807) is 73.8 Å². The molecule has 3 aromatic carbocycles. The lowest BCUT2D eigenvalue weighted by Gasteiger charge is -2.09. The molecule has 10 nitrogen and oxygen atoms in total. The number of hydrogen-bond acceptors (Lipinski definition) is 8. The summed E-state index contributed by atoms with van der Waals surface area (Å²) >= 11 is 0. The standard InChI is InChI=1S/C25H19N5O5/c1-33-21-12-18-19(24(31)26-20(18)13-22(21)34-2)11-14-3-9-17(10-4-14)35-25(32)16-7-5-15(6-8-16)23-27-29-30-28-23/h3-13H,1-2H3,(H,26,31)(H,27,28,29,30)/b19-11+. The average molecular weight is 469 g/mol. The first kappa shape index (κ1) is 21.8. The van der Waals surface area contributed by atoms with Gasteiger partial charge in [-0.2, -0.15) is 5.21 Å². The highest BCUT2D eigenvalue weighted by atomic mass is 16.5. The van der Waals surface area contributed by atoms with Crippen molar-refractivity contribution in [2.24, 2.45) is 0 Å². The number of hydrogen-bond donors (Lipinski definition) is 2. The number of anilines is 1. The number of nitrogens with one attached hydrogen (secondary N) is 2. The molecule has 1 aliphatic rings. The molecule has 4 aromatic rings. The van der Waals surface area contributed by atoms with Crippen molar-refractivity contribution >= 4 is 29.2 Å². The lowest BCUT2D eigenvalue weighted by molar-refractivity contribution is -0.110. The van der Waals surface area contributed by atoms with Crippen LogP contribution in [0.5, 0.6) is 17.2 Å². The predicted molar refractivity (Wildman–Crippen MR) is 127 cm³/mol. The first-order valence-electron chi connectivity index (χ1n) is 10.5. The van der Waals surface area contributed by atoms with Gasteiger partial charge >= 0.3 is 5.97 Å². The Morgan fingerprint density at radius 2 is 1.66 bits per heavy atom. The number of ether oxygens (including phenoxy) is 3. The number of carbonyl (C=O) groups is 2. The Kier molecular flexibility index (Phi) is 5.68. The van der Waals surface area contributed by atoms with Crippen molar-refractivity contribution in [3.8, 4) is 28.6 Å². The molecule has 174 valence electrons. The molecule has 0 radical (unpaired) electrons. The van der Waals surface area contributed by atoms with Gasteiger partial charge < -0.3 is 19.5 Å². The maximum atomic E-state index is 12.6. The molecule has 10 heteroatoms. The molecule has 1 amide bonds. The van der Waals surface area contributed by atoms with Crippen LogP contribution >= 0.6 is 0 Å². The summed E-state index contributed by atoms with van der Waals surface area (Å²) in [6.07, 6.45) is 1.76. The van der Waals surface area contributed by atoms with Crippen LogP contribution in [-0.2, 0) is 4.79 Å². The number of H-pyrrole nitrogens is 1. The summed E-state index contributed by atoms with van der Waals surface area (Å²) in [5.74, 6) is 1.15. The van der Waals surface area contributed by atoms with Gasteiger partial charge in [0.15, 0.2) is 11.5 Å². The molecule has 2 N–H and O–H groups in total. The molecule has 0 saturated carbocycles. The first-order valence-corrected chi connectivity index (χ1v) is 10.5. The first-order chi connectivity index (χ1) is 17.1. The second-order valence-corrected chi connectivity index (χ2v) is 7.54. The highest BCUT2D eigenvalue weighted by molar-refractivity contribution is 6.35. The van der Waals surface area contributed by atoms with E-state index in [9.17, 15) is 9.59 Å². The van der Waals surface area contributed by atoms with Crippen LogP contribution in [0.25, 0.3) is 23.0 Å². The summed E-state index contributed by atoms with van der Waals surface area (Å²) in [5.41, 5.74) is 3.73. The quantitative estimate of drug-likeness (QED) is 0.249. The molecule has 5 rings (SSSR count). The molecule has 0 aliphatic carbocycles. The second-order valence-electron chi connectivity index (χ2n) is 7.54. The van der Waals surface area contributed by atoms with Gasteiger partial charge in [-0.05, 0) is 47.2 Å². The minimum absolute atomic E-state index is 0.227. The summed E-state index contributed by atoms with van der Waals surface area (Å²) in [6.45, 7) is 0. The number of methoxy groups -OCH3 is 2. The zero-order chi connectivity index (χ0) is 24.4. The van der Waals surface area contributed by atoms with E-state index < -0.39 is 5.97 Å². The number of rotatable bonds is 6. The predicted octanol–water partition coefficient (Wildman–Crippen LogP) is 3.60. The number of benzene rings is 3. The van der Waals surface area contributed by atoms with Crippen molar-refractivity contribution in [1.29, 1.82) is 0 Å². The van der Waals surface area contributed by atoms with E-state index in [0.717, 1.165) is 11.1 Å². The molecule has 0 saturated heterocycles. The number of aromatic nitrogens is 4. The highest BCUT2D eigenvalue weighted by Crippen LogP contribution is 2.41. The van der Waals surface area contributed by atoms with E-state index in [1.807, 2.05) is 0 Å². The number of tetrazole rings is 1. The van der Waals surface area contributed by atoms with Crippen molar-refractivity contribution in [2.45, 2.75) is 0 Å². The monoisotopic (exact) mass is 469 g/mol. The van der Waals surface area contributed by atoms with Crippen molar-refractivity contribution < 1.29 is 23.8 Å². The molecule has 35 heavy (non-hydrogen) atoms. The van der Waals surface area contributed by atoms with Crippen LogP contribution in [-0.4, -0.2) is 46.7 Å². The van der Waals surface area contributed by atoms with Gasteiger partial charge in [0.1, 0.15) is 5.75 Å². The lowest BCUT2D eigenvalue weighted by Crippen LogP contribution is -2.08. The van der Waals surface area contributed by atoms with Crippen LogP contribution in [0.2, 0.25) is 0 Å². The second kappa shape index (κ2) is 9.10. The van der Waals surface area contributed by atoms with Crippen LogP contribution in [0, 0.1) is 0 Å². The van der Waals surface area contributed by atoms with E-state index in [4.69, 9.17) is 14.2 Å². The van der Waals surface area contributed by atoms with E-state index in [0.29, 0.717) is 45.5 Å². The van der Waals surface area contributed by atoms with E-state index in [1.165, 1.54) is 7.11 Å². The van der Waals surface area contributed by atoms with Crippen molar-refractivity contribution in [3.05, 3.63) is 77.4 Å². The van der Waals surface area contributed by atoms with Gasteiger partial charge in [-0.1, -0.05) is 24.3 Å². The topological polar surface area (TPSA) is 128 Å². The lowest BCUT2D eigenvalue weighted by atomic mass is 10.0. The Morgan fingerprint density at radius 3 is 2.31 bits per heavy atom. The van der Waals surface area contributed by atoms with Gasteiger partial charge in [-0.15, -0.1) is 10.2 Å². The van der Waals surface area contributed by atoms with E-state index >= 15 is 0 Å². The number of aromatic amines is 1. The molecule has 0 bridgehead atoms. The van der Waals surface area contributed by atoms with Crippen molar-refractivity contribution in [2.75, 3.05) is 19.5 Å². The molecular weight excluding hydrogens is 450 g/mol. The van der Waals surface area contributed by atoms with Gasteiger partial charge in [-0.3, -0.25) is 4.79 Å². The van der Waals surface area contributed by atoms with E-state index in [2.05, 4.69) is 25.9 Å². The summed E-state index contributed by atoms with van der Waals surface area (Å²) in [5, 5.41) is 16.5. The van der Waals surface area contributed by atoms with Crippen LogP contribution in [0.1, 0.15) is 21.5 Å². The number of fused-ring (bicyclic) bond motifs is 1. The fourth-order valence-corrected chi connectivity index (χ4v) is 3.66. The highest BCUT2D eigenvalue weighted by Gasteiger charge is 2.26. The Labute approximate surface area is 199 Å². The number of esters is 1. The Balaban J connectivity index is 1.32. The zero-order valence-electron chi connectivity index (χ0n) is 18.7. The molecule has 0 fully saturated rings. The summed E-state index contributed by atoms with van der Waals surface area (Å²) < 4.78 is 16.1. The third-order valence-corrected chi connectivity index (χ3v) is 5.43. The Morgan fingerprint density at radius 1 is 0.943 bits per heavy atom. The summed E-state index contributed by atoms with van der Waals surface area (Å²) in [7, 11) is 3.08. The van der Waals surface area contributed by atoms with Gasteiger partial charge in [-0.25, -0.2) is 4.79 Å². The summed E-state index contributed by atoms with van der Waals surface area (Å²) in [6, 6.07) is 17.0. The SMILES string of the molecule is COc1cc2c(cc1OC)/C(=C\c1ccc(OC(=O)c3ccc(-c4nn[nH]n4)cc3)cc1)C(=O)N2. The van der Waals surface area contributed by atoms with Gasteiger partial charge in [0.05, 0.1) is 25.5 Å². The number of amides is 1.